The van der Waals surface area contributed by atoms with Crippen molar-refractivity contribution in [2.24, 2.45) is 11.7 Å². The minimum absolute atomic E-state index is 0.217. The number of ether oxygens (including phenoxy) is 1. The number of likely N-dealkylation sites (tertiary alicyclic amines) is 1. The number of carboxylic acid groups (broad SMARTS) is 1. The molecule has 0 radical (unpaired) electrons. The summed E-state index contributed by atoms with van der Waals surface area (Å²) in [5.41, 5.74) is 5.21. The lowest BCUT2D eigenvalue weighted by Crippen LogP contribution is -2.49. The minimum Gasteiger partial charge on any atom is -0.480 e. The molecule has 1 atom stereocenters. The second-order valence-electron chi connectivity index (χ2n) is 4.77. The van der Waals surface area contributed by atoms with Gasteiger partial charge in [-0.3, -0.25) is 9.59 Å². The van der Waals surface area contributed by atoms with Crippen molar-refractivity contribution >= 4 is 17.9 Å². The van der Waals surface area contributed by atoms with Gasteiger partial charge in [-0.15, -0.1) is 0 Å². The van der Waals surface area contributed by atoms with Gasteiger partial charge < -0.3 is 25.4 Å². The highest BCUT2D eigenvalue weighted by molar-refractivity contribution is 5.84. The van der Waals surface area contributed by atoms with Gasteiger partial charge in [-0.25, -0.2) is 4.79 Å². The van der Waals surface area contributed by atoms with Gasteiger partial charge in [0.05, 0.1) is 12.5 Å². The van der Waals surface area contributed by atoms with Gasteiger partial charge in [0.1, 0.15) is 6.54 Å². The van der Waals surface area contributed by atoms with Crippen LogP contribution in [0.3, 0.4) is 0 Å². The van der Waals surface area contributed by atoms with Crippen molar-refractivity contribution in [2.45, 2.75) is 12.8 Å². The number of hydrogen-bond acceptors (Lipinski definition) is 4. The van der Waals surface area contributed by atoms with Gasteiger partial charge in [0.2, 0.25) is 5.91 Å². The molecule has 0 bridgehead atoms. The summed E-state index contributed by atoms with van der Waals surface area (Å²) in [6.45, 7) is 0.905. The predicted molar refractivity (Wildman–Crippen MR) is 70.0 cm³/mol. The van der Waals surface area contributed by atoms with E-state index in [0.717, 1.165) is 0 Å². The first-order chi connectivity index (χ1) is 9.45. The molecular weight excluding hydrogens is 266 g/mol. The first-order valence-electron chi connectivity index (χ1n) is 6.49. The minimum atomic E-state index is -1.07. The van der Waals surface area contributed by atoms with Crippen molar-refractivity contribution in [1.82, 2.24) is 9.80 Å². The van der Waals surface area contributed by atoms with Gasteiger partial charge in [0, 0.05) is 26.7 Å². The van der Waals surface area contributed by atoms with Gasteiger partial charge in [-0.2, -0.15) is 0 Å². The molecule has 1 aliphatic heterocycles. The van der Waals surface area contributed by atoms with Crippen LogP contribution in [0.1, 0.15) is 12.8 Å². The number of amides is 3. The van der Waals surface area contributed by atoms with E-state index in [9.17, 15) is 14.4 Å². The molecule has 1 heterocycles. The second-order valence-corrected chi connectivity index (χ2v) is 4.77. The third-order valence-corrected chi connectivity index (χ3v) is 3.29. The third-order valence-electron chi connectivity index (χ3n) is 3.29. The highest BCUT2D eigenvalue weighted by Gasteiger charge is 2.31. The van der Waals surface area contributed by atoms with Crippen molar-refractivity contribution in [3.8, 4) is 0 Å². The molecule has 3 amide bonds. The molecule has 0 aromatic carbocycles. The van der Waals surface area contributed by atoms with E-state index in [1.54, 1.807) is 0 Å². The molecule has 1 saturated heterocycles. The number of hydrogen-bond donors (Lipinski definition) is 2. The summed E-state index contributed by atoms with van der Waals surface area (Å²) in [7, 11) is 1.48. The highest BCUT2D eigenvalue weighted by atomic mass is 16.5. The normalized spacial score (nSPS) is 18.6. The summed E-state index contributed by atoms with van der Waals surface area (Å²) in [6.07, 6.45) is 1.32. The number of primary amides is 1. The number of nitrogens with zero attached hydrogens (tertiary/aromatic N) is 2. The van der Waals surface area contributed by atoms with E-state index >= 15 is 0 Å². The number of carbonyl (C=O) groups excluding carboxylic acids is 2. The molecule has 0 aromatic rings. The maximum atomic E-state index is 12.3. The van der Waals surface area contributed by atoms with E-state index in [1.165, 1.54) is 16.9 Å². The van der Waals surface area contributed by atoms with Crippen LogP contribution < -0.4 is 5.73 Å². The summed E-state index contributed by atoms with van der Waals surface area (Å²) in [4.78, 5) is 37.0. The Hall–Kier alpha value is -1.83. The van der Waals surface area contributed by atoms with E-state index < -0.39 is 17.9 Å². The van der Waals surface area contributed by atoms with E-state index in [-0.39, 0.29) is 32.1 Å². The van der Waals surface area contributed by atoms with Crippen molar-refractivity contribution < 1.29 is 24.2 Å². The molecule has 20 heavy (non-hydrogen) atoms. The van der Waals surface area contributed by atoms with E-state index in [1.807, 2.05) is 0 Å². The Kier molecular flexibility index (Phi) is 6.23. The molecule has 0 aliphatic carbocycles. The summed E-state index contributed by atoms with van der Waals surface area (Å²) in [5, 5.41) is 8.85. The Balaban J connectivity index is 2.67. The Bertz CT molecular complexity index is 374. The fraction of sp³-hybridized carbons (Fsp3) is 0.750. The van der Waals surface area contributed by atoms with Crippen molar-refractivity contribution in [2.75, 3.05) is 39.9 Å². The molecule has 114 valence electrons. The van der Waals surface area contributed by atoms with E-state index in [0.29, 0.717) is 19.4 Å². The van der Waals surface area contributed by atoms with E-state index in [4.69, 9.17) is 15.6 Å². The smallest absolute Gasteiger partial charge is 0.323 e. The first-order valence-corrected chi connectivity index (χ1v) is 6.49. The number of urea groups is 1. The molecule has 0 spiro atoms. The SMILES string of the molecule is COCCN(CC(=O)O)C(=O)C1CCCN(C(N)=O)C1. The number of methoxy groups -OCH3 is 1. The number of nitrogens with two attached hydrogens (primary N) is 1. The van der Waals surface area contributed by atoms with Gasteiger partial charge >= 0.3 is 12.0 Å². The van der Waals surface area contributed by atoms with E-state index in [2.05, 4.69) is 0 Å². The van der Waals surface area contributed by atoms with Crippen LogP contribution >= 0.6 is 0 Å². The van der Waals surface area contributed by atoms with Crippen LogP contribution in [0.2, 0.25) is 0 Å². The zero-order chi connectivity index (χ0) is 15.1. The first kappa shape index (κ1) is 16.2. The number of aliphatic carboxylic acids is 1. The summed E-state index contributed by atoms with van der Waals surface area (Å²) in [5.74, 6) is -1.74. The largest absolute Gasteiger partial charge is 0.480 e. The molecule has 1 fully saturated rings. The Labute approximate surface area is 117 Å². The third kappa shape index (κ3) is 4.69. The van der Waals surface area contributed by atoms with Crippen LogP contribution in [0.5, 0.6) is 0 Å². The molecule has 3 N–H and O–H groups in total. The van der Waals surface area contributed by atoms with Gasteiger partial charge in [-0.05, 0) is 12.8 Å². The second kappa shape index (κ2) is 7.68. The number of piperidine rings is 1. The Morgan fingerprint density at radius 2 is 2.15 bits per heavy atom. The van der Waals surface area contributed by atoms with Crippen LogP contribution in [-0.4, -0.2) is 72.7 Å². The zero-order valence-electron chi connectivity index (χ0n) is 11.6. The summed E-state index contributed by atoms with van der Waals surface area (Å²) < 4.78 is 4.88. The summed E-state index contributed by atoms with van der Waals surface area (Å²) >= 11 is 0. The van der Waals surface area contributed by atoms with Gasteiger partial charge in [0.25, 0.3) is 0 Å². The Morgan fingerprint density at radius 3 is 2.70 bits per heavy atom. The van der Waals surface area contributed by atoms with Gasteiger partial charge in [-0.1, -0.05) is 0 Å². The molecule has 0 aromatic heterocycles. The number of rotatable bonds is 6. The maximum absolute atomic E-state index is 12.3. The predicted octanol–water partition coefficient (Wildman–Crippen LogP) is -0.663. The highest BCUT2D eigenvalue weighted by Crippen LogP contribution is 2.18. The average molecular weight is 287 g/mol. The monoisotopic (exact) mass is 287 g/mol. The van der Waals surface area contributed by atoms with Crippen LogP contribution in [0.25, 0.3) is 0 Å². The lowest BCUT2D eigenvalue weighted by atomic mass is 9.96. The van der Waals surface area contributed by atoms with Crippen LogP contribution in [-0.2, 0) is 14.3 Å². The molecule has 1 aliphatic rings. The standard InChI is InChI=1S/C12H21N3O5/c1-20-6-5-14(8-10(16)17)11(18)9-3-2-4-15(7-9)12(13)19/h9H,2-8H2,1H3,(H2,13,19)(H,16,17). The fourth-order valence-electron chi connectivity index (χ4n) is 2.27. The molecule has 0 saturated carbocycles. The number of carboxylic acids is 1. The summed E-state index contributed by atoms with van der Waals surface area (Å²) in [6, 6.07) is -0.552. The molecule has 8 nitrogen and oxygen atoms in total. The van der Waals surface area contributed by atoms with Crippen LogP contribution in [0, 0.1) is 5.92 Å². The van der Waals surface area contributed by atoms with Crippen molar-refractivity contribution in [1.29, 1.82) is 0 Å². The zero-order valence-corrected chi connectivity index (χ0v) is 11.6. The van der Waals surface area contributed by atoms with Crippen LogP contribution in [0.4, 0.5) is 4.79 Å². The Morgan fingerprint density at radius 1 is 1.45 bits per heavy atom. The number of carbonyl (C=O) groups is 3. The lowest BCUT2D eigenvalue weighted by Gasteiger charge is -2.33. The topological polar surface area (TPSA) is 113 Å². The maximum Gasteiger partial charge on any atom is 0.323 e. The van der Waals surface area contributed by atoms with Crippen LogP contribution in [0.15, 0.2) is 0 Å². The molecule has 1 rings (SSSR count). The molecular formula is C12H21N3O5. The average Bonchev–Trinajstić information content (AvgIpc) is 2.42. The van der Waals surface area contributed by atoms with Gasteiger partial charge in [0.15, 0.2) is 0 Å². The quantitative estimate of drug-likeness (QED) is 0.673. The lowest BCUT2D eigenvalue weighted by molar-refractivity contribution is -0.147. The molecule has 1 unspecified atom stereocenters. The van der Waals surface area contributed by atoms with Crippen molar-refractivity contribution in [3.05, 3.63) is 0 Å². The fourth-order valence-corrected chi connectivity index (χ4v) is 2.27. The van der Waals surface area contributed by atoms with Crippen molar-refractivity contribution in [3.63, 3.8) is 0 Å². The molecule has 8 heteroatoms.